The van der Waals surface area contributed by atoms with Crippen LogP contribution in [-0.4, -0.2) is 59.1 Å². The van der Waals surface area contributed by atoms with Crippen LogP contribution in [0, 0.1) is 5.82 Å². The summed E-state index contributed by atoms with van der Waals surface area (Å²) in [5.41, 5.74) is 0.121. The number of benzene rings is 1. The third kappa shape index (κ3) is 4.08. The van der Waals surface area contributed by atoms with Crippen molar-refractivity contribution in [2.24, 2.45) is 0 Å². The van der Waals surface area contributed by atoms with Crippen LogP contribution < -0.4 is 4.74 Å². The average molecular weight is 402 g/mol. The minimum absolute atomic E-state index is 0.0174. The van der Waals surface area contributed by atoms with Gasteiger partial charge >= 0.3 is 12.1 Å². The molecule has 0 spiro atoms. The van der Waals surface area contributed by atoms with E-state index in [2.05, 4.69) is 14.7 Å². The molecular formula is C17H18F4N4O3. The second kappa shape index (κ2) is 7.38. The maximum atomic E-state index is 14.7. The van der Waals surface area contributed by atoms with Crippen LogP contribution in [0.25, 0.3) is 11.4 Å². The molecule has 1 aliphatic rings. The number of halogens is 4. The summed E-state index contributed by atoms with van der Waals surface area (Å²) in [7, 11) is 3.50. The Morgan fingerprint density at radius 3 is 2.68 bits per heavy atom. The second-order valence-corrected chi connectivity index (χ2v) is 6.78. The van der Waals surface area contributed by atoms with Crippen LogP contribution in [0.5, 0.6) is 5.75 Å². The number of alkyl halides is 3. The lowest BCUT2D eigenvalue weighted by Crippen LogP contribution is -2.44. The van der Waals surface area contributed by atoms with Gasteiger partial charge in [0.15, 0.2) is 0 Å². The largest absolute Gasteiger partial charge is 0.491 e. The highest BCUT2D eigenvalue weighted by Gasteiger charge is 2.38. The molecule has 0 N–H and O–H groups in total. The molecule has 0 saturated heterocycles. The number of aromatic nitrogens is 2. The first-order valence-corrected chi connectivity index (χ1v) is 8.37. The third-order valence-corrected chi connectivity index (χ3v) is 4.19. The quantitative estimate of drug-likeness (QED) is 0.735. The summed E-state index contributed by atoms with van der Waals surface area (Å²) in [6.07, 6.45) is -4.80. The van der Waals surface area contributed by atoms with Crippen molar-refractivity contribution in [1.29, 1.82) is 0 Å². The molecule has 0 radical (unpaired) electrons. The SMILES string of the molecule is C[C@H]1COc2cc(-c3noc(C(F)(F)F)n3)cc(F)c2CN1C(=O)CN(C)C. The van der Waals surface area contributed by atoms with Gasteiger partial charge in [0.05, 0.1) is 19.1 Å². The first-order valence-electron chi connectivity index (χ1n) is 8.37. The summed E-state index contributed by atoms with van der Waals surface area (Å²) in [6.45, 7) is 2.01. The van der Waals surface area contributed by atoms with Gasteiger partial charge in [-0.2, -0.15) is 18.2 Å². The van der Waals surface area contributed by atoms with E-state index in [0.717, 1.165) is 6.07 Å². The Balaban J connectivity index is 1.93. The van der Waals surface area contributed by atoms with Gasteiger partial charge in [0, 0.05) is 11.1 Å². The molecule has 0 bridgehead atoms. The van der Waals surface area contributed by atoms with Crippen LogP contribution in [0.3, 0.4) is 0 Å². The number of rotatable bonds is 3. The Kier molecular flexibility index (Phi) is 5.28. The van der Waals surface area contributed by atoms with Gasteiger partial charge in [-0.25, -0.2) is 4.39 Å². The van der Waals surface area contributed by atoms with E-state index in [4.69, 9.17) is 4.74 Å². The smallest absolute Gasteiger partial charge is 0.471 e. The Morgan fingerprint density at radius 2 is 2.07 bits per heavy atom. The molecule has 2 aromatic rings. The molecule has 2 heterocycles. The van der Waals surface area contributed by atoms with Gasteiger partial charge in [-0.15, -0.1) is 0 Å². The lowest BCUT2D eigenvalue weighted by molar-refractivity contribution is -0.159. The van der Waals surface area contributed by atoms with E-state index in [9.17, 15) is 22.4 Å². The van der Waals surface area contributed by atoms with Gasteiger partial charge in [-0.1, -0.05) is 5.16 Å². The fourth-order valence-electron chi connectivity index (χ4n) is 2.80. The highest BCUT2D eigenvalue weighted by molar-refractivity contribution is 5.79. The van der Waals surface area contributed by atoms with Gasteiger partial charge in [0.25, 0.3) is 0 Å². The predicted molar refractivity (Wildman–Crippen MR) is 88.8 cm³/mol. The van der Waals surface area contributed by atoms with Crippen molar-refractivity contribution in [2.45, 2.75) is 25.7 Å². The van der Waals surface area contributed by atoms with Crippen molar-refractivity contribution in [2.75, 3.05) is 27.2 Å². The summed E-state index contributed by atoms with van der Waals surface area (Å²) in [4.78, 5) is 18.9. The van der Waals surface area contributed by atoms with E-state index in [1.54, 1.807) is 25.9 Å². The van der Waals surface area contributed by atoms with Crippen LogP contribution in [0.15, 0.2) is 16.7 Å². The van der Waals surface area contributed by atoms with Crippen molar-refractivity contribution in [3.63, 3.8) is 0 Å². The summed E-state index contributed by atoms with van der Waals surface area (Å²) in [6, 6.07) is 2.03. The van der Waals surface area contributed by atoms with E-state index in [1.807, 2.05) is 0 Å². The van der Waals surface area contributed by atoms with E-state index < -0.39 is 23.7 Å². The zero-order valence-corrected chi connectivity index (χ0v) is 15.4. The minimum Gasteiger partial charge on any atom is -0.491 e. The van der Waals surface area contributed by atoms with Crippen molar-refractivity contribution in [1.82, 2.24) is 19.9 Å². The van der Waals surface area contributed by atoms with E-state index >= 15 is 0 Å². The number of ether oxygens (including phenoxy) is 1. The van der Waals surface area contributed by atoms with E-state index in [0.29, 0.717) is 0 Å². The molecule has 1 aromatic carbocycles. The maximum Gasteiger partial charge on any atom is 0.471 e. The Hall–Kier alpha value is -2.69. The molecule has 152 valence electrons. The molecule has 3 rings (SSSR count). The molecular weight excluding hydrogens is 384 g/mol. The van der Waals surface area contributed by atoms with Crippen molar-refractivity contribution < 1.29 is 31.6 Å². The minimum atomic E-state index is -4.80. The number of fused-ring (bicyclic) bond motifs is 1. The predicted octanol–water partition coefficient (Wildman–Crippen LogP) is 2.57. The summed E-state index contributed by atoms with van der Waals surface area (Å²) < 4.78 is 62.4. The topological polar surface area (TPSA) is 71.7 Å². The number of carbonyl (C=O) groups excluding carboxylic acids is 1. The third-order valence-electron chi connectivity index (χ3n) is 4.19. The van der Waals surface area contributed by atoms with Crippen LogP contribution in [0.2, 0.25) is 0 Å². The zero-order valence-electron chi connectivity index (χ0n) is 15.4. The Labute approximate surface area is 157 Å². The lowest BCUT2D eigenvalue weighted by atomic mass is 10.1. The Morgan fingerprint density at radius 1 is 1.36 bits per heavy atom. The number of amides is 1. The first kappa shape index (κ1) is 20.1. The normalized spacial score (nSPS) is 17.3. The molecule has 7 nitrogen and oxygen atoms in total. The highest BCUT2D eigenvalue weighted by atomic mass is 19.4. The molecule has 1 aliphatic heterocycles. The number of hydrogen-bond acceptors (Lipinski definition) is 6. The van der Waals surface area contributed by atoms with Crippen LogP contribution >= 0.6 is 0 Å². The monoisotopic (exact) mass is 402 g/mol. The second-order valence-electron chi connectivity index (χ2n) is 6.78. The van der Waals surface area contributed by atoms with Crippen molar-refractivity contribution >= 4 is 5.91 Å². The molecule has 1 amide bonds. The summed E-state index contributed by atoms with van der Waals surface area (Å²) >= 11 is 0. The fourth-order valence-corrected chi connectivity index (χ4v) is 2.80. The van der Waals surface area contributed by atoms with E-state index in [-0.39, 0.29) is 48.5 Å². The number of hydrogen-bond donors (Lipinski definition) is 0. The van der Waals surface area contributed by atoms with Crippen LogP contribution in [0.1, 0.15) is 18.4 Å². The molecule has 0 aliphatic carbocycles. The summed E-state index contributed by atoms with van der Waals surface area (Å²) in [5, 5.41) is 3.26. The summed E-state index contributed by atoms with van der Waals surface area (Å²) in [5.74, 6) is -2.73. The zero-order chi connectivity index (χ0) is 20.6. The van der Waals surface area contributed by atoms with Crippen molar-refractivity contribution in [3.8, 4) is 17.1 Å². The van der Waals surface area contributed by atoms with Crippen molar-refractivity contribution in [3.05, 3.63) is 29.4 Å². The number of nitrogens with zero attached hydrogens (tertiary/aromatic N) is 4. The van der Waals surface area contributed by atoms with Gasteiger partial charge in [-0.3, -0.25) is 4.79 Å². The standard InChI is InChI=1S/C17H18F4N4O3/c1-9-8-27-13-5-10(15-22-16(28-23-15)17(19,20)21)4-12(18)11(13)6-25(9)14(26)7-24(2)3/h4-5,9H,6-8H2,1-3H3/t9-/m0/s1. The van der Waals surface area contributed by atoms with Gasteiger partial charge in [0.2, 0.25) is 11.7 Å². The van der Waals surface area contributed by atoms with Gasteiger partial charge < -0.3 is 19.1 Å². The molecule has 0 fully saturated rings. The molecule has 11 heteroatoms. The first-order chi connectivity index (χ1) is 13.1. The van der Waals surface area contributed by atoms with Gasteiger partial charge in [0.1, 0.15) is 18.2 Å². The maximum absolute atomic E-state index is 14.7. The molecule has 1 atom stereocenters. The van der Waals surface area contributed by atoms with Gasteiger partial charge in [-0.05, 0) is 33.2 Å². The Bertz CT molecular complexity index is 882. The highest BCUT2D eigenvalue weighted by Crippen LogP contribution is 2.34. The molecule has 0 unspecified atom stereocenters. The lowest BCUT2D eigenvalue weighted by Gasteiger charge is -2.27. The average Bonchev–Trinajstić information content (AvgIpc) is 3.02. The molecule has 1 aromatic heterocycles. The van der Waals surface area contributed by atoms with Crippen LogP contribution in [-0.2, 0) is 17.5 Å². The number of carbonyl (C=O) groups is 1. The number of likely N-dealkylation sites (N-methyl/N-ethyl adjacent to an activating group) is 1. The van der Waals surface area contributed by atoms with Crippen LogP contribution in [0.4, 0.5) is 17.6 Å². The fraction of sp³-hybridized carbons (Fsp3) is 0.471. The van der Waals surface area contributed by atoms with E-state index in [1.165, 1.54) is 11.0 Å². The molecule has 0 saturated carbocycles. The molecule has 28 heavy (non-hydrogen) atoms.